The molecule has 6 nitrogen and oxygen atoms in total. The van der Waals surface area contributed by atoms with E-state index in [1.807, 2.05) is 30.3 Å². The number of benzene rings is 1. The van der Waals surface area contributed by atoms with Crippen LogP contribution in [0.15, 0.2) is 41.4 Å². The monoisotopic (exact) mass is 348 g/mol. The fraction of sp³-hybridized carbons (Fsp3) is 0.471. The predicted molar refractivity (Wildman–Crippen MR) is 93.8 cm³/mol. The topological polar surface area (TPSA) is 58.4 Å². The molecular formula is C17H24N4O2S. The lowest BCUT2D eigenvalue weighted by Crippen LogP contribution is -2.44. The van der Waals surface area contributed by atoms with Crippen LogP contribution in [0.5, 0.6) is 0 Å². The largest absolute Gasteiger partial charge is 0.306 e. The van der Waals surface area contributed by atoms with Gasteiger partial charge in [0.05, 0.1) is 17.6 Å². The van der Waals surface area contributed by atoms with Crippen molar-refractivity contribution >= 4 is 10.0 Å². The minimum atomic E-state index is -3.54. The van der Waals surface area contributed by atoms with E-state index in [1.165, 1.54) is 4.31 Å². The lowest BCUT2D eigenvalue weighted by atomic mass is 10.1. The molecule has 3 rings (SSSR count). The van der Waals surface area contributed by atoms with Gasteiger partial charge in [0.15, 0.2) is 0 Å². The van der Waals surface area contributed by atoms with Crippen LogP contribution in [0, 0.1) is 6.92 Å². The summed E-state index contributed by atoms with van der Waals surface area (Å²) >= 11 is 0. The number of aryl methyl sites for hydroxylation is 1. The van der Waals surface area contributed by atoms with Gasteiger partial charge in [-0.25, -0.2) is 13.1 Å². The number of rotatable bonds is 4. The Morgan fingerprint density at radius 1 is 1.17 bits per heavy atom. The molecule has 0 spiro atoms. The van der Waals surface area contributed by atoms with Gasteiger partial charge in [-0.3, -0.25) is 0 Å². The number of para-hydroxylation sites is 1. The molecule has 0 bridgehead atoms. The Labute approximate surface area is 143 Å². The second kappa shape index (κ2) is 6.66. The van der Waals surface area contributed by atoms with Gasteiger partial charge in [0.1, 0.15) is 4.90 Å². The van der Waals surface area contributed by atoms with E-state index in [0.717, 1.165) is 31.6 Å². The number of piperidine rings is 1. The van der Waals surface area contributed by atoms with Crippen LogP contribution in [0.3, 0.4) is 0 Å². The molecule has 0 aliphatic carbocycles. The third-order valence-corrected chi connectivity index (χ3v) is 6.75. The highest BCUT2D eigenvalue weighted by atomic mass is 32.2. The zero-order chi connectivity index (χ0) is 17.3. The molecule has 0 atom stereocenters. The molecule has 0 N–H and O–H groups in total. The average Bonchev–Trinajstić information content (AvgIpc) is 2.98. The molecule has 0 saturated carbocycles. The highest BCUT2D eigenvalue weighted by Crippen LogP contribution is 2.25. The van der Waals surface area contributed by atoms with Gasteiger partial charge in [0, 0.05) is 13.1 Å². The van der Waals surface area contributed by atoms with Gasteiger partial charge in [-0.1, -0.05) is 18.2 Å². The van der Waals surface area contributed by atoms with Gasteiger partial charge in [-0.2, -0.15) is 9.40 Å². The van der Waals surface area contributed by atoms with Crippen molar-refractivity contribution in [2.45, 2.75) is 30.7 Å². The fourth-order valence-corrected chi connectivity index (χ4v) is 4.68. The number of hydrogen-bond donors (Lipinski definition) is 0. The first kappa shape index (κ1) is 17.1. The first-order chi connectivity index (χ1) is 11.4. The summed E-state index contributed by atoms with van der Waals surface area (Å²) in [6, 6.07) is 9.60. The Morgan fingerprint density at radius 3 is 2.42 bits per heavy atom. The van der Waals surface area contributed by atoms with Crippen LogP contribution in [0.2, 0.25) is 0 Å². The molecule has 1 fully saturated rings. The van der Waals surface area contributed by atoms with Gasteiger partial charge in [-0.05, 0) is 52.0 Å². The van der Waals surface area contributed by atoms with Crippen LogP contribution < -0.4 is 0 Å². The van der Waals surface area contributed by atoms with Gasteiger partial charge in [-0.15, -0.1) is 0 Å². The molecule has 0 radical (unpaired) electrons. The number of sulfonamides is 1. The Morgan fingerprint density at radius 2 is 1.79 bits per heavy atom. The first-order valence-corrected chi connectivity index (χ1v) is 9.62. The first-order valence-electron chi connectivity index (χ1n) is 8.18. The van der Waals surface area contributed by atoms with Crippen molar-refractivity contribution in [2.75, 3.05) is 27.2 Å². The molecule has 7 heteroatoms. The molecule has 0 amide bonds. The quantitative estimate of drug-likeness (QED) is 0.847. The number of hydrogen-bond acceptors (Lipinski definition) is 4. The fourth-order valence-electron chi connectivity index (χ4n) is 3.12. The maximum absolute atomic E-state index is 13.0. The Bertz CT molecular complexity index is 793. The van der Waals surface area contributed by atoms with E-state index in [4.69, 9.17) is 0 Å². The summed E-state index contributed by atoms with van der Waals surface area (Å²) in [4.78, 5) is 2.52. The number of nitrogens with zero attached hydrogens (tertiary/aromatic N) is 4. The van der Waals surface area contributed by atoms with Crippen molar-refractivity contribution in [3.8, 4) is 5.69 Å². The molecule has 1 saturated heterocycles. The molecular weight excluding hydrogens is 324 g/mol. The van der Waals surface area contributed by atoms with Crippen molar-refractivity contribution < 1.29 is 8.42 Å². The third-order valence-electron chi connectivity index (χ3n) is 4.73. The zero-order valence-electron chi connectivity index (χ0n) is 14.4. The lowest BCUT2D eigenvalue weighted by molar-refractivity contribution is 0.197. The molecule has 1 aromatic carbocycles. The molecule has 130 valence electrons. The third kappa shape index (κ3) is 3.24. The van der Waals surface area contributed by atoms with Crippen molar-refractivity contribution in [1.82, 2.24) is 19.0 Å². The minimum absolute atomic E-state index is 0.0469. The van der Waals surface area contributed by atoms with E-state index in [9.17, 15) is 8.42 Å². The van der Waals surface area contributed by atoms with E-state index in [2.05, 4.69) is 17.0 Å². The van der Waals surface area contributed by atoms with Crippen molar-refractivity contribution in [3.63, 3.8) is 0 Å². The van der Waals surface area contributed by atoms with Crippen LogP contribution in [0.4, 0.5) is 0 Å². The molecule has 1 aliphatic rings. The van der Waals surface area contributed by atoms with E-state index in [0.29, 0.717) is 5.69 Å². The highest BCUT2D eigenvalue weighted by molar-refractivity contribution is 7.89. The zero-order valence-corrected chi connectivity index (χ0v) is 15.2. The van der Waals surface area contributed by atoms with Crippen molar-refractivity contribution in [2.24, 2.45) is 0 Å². The molecule has 0 unspecified atom stereocenters. The lowest BCUT2D eigenvalue weighted by Gasteiger charge is -2.34. The Balaban J connectivity index is 1.88. The van der Waals surface area contributed by atoms with Crippen LogP contribution >= 0.6 is 0 Å². The summed E-state index contributed by atoms with van der Waals surface area (Å²) in [6.45, 7) is 3.59. The summed E-state index contributed by atoms with van der Waals surface area (Å²) in [5.74, 6) is 0. The summed E-state index contributed by atoms with van der Waals surface area (Å²) < 4.78 is 29.2. The highest BCUT2D eigenvalue weighted by Gasteiger charge is 2.32. The standard InChI is InChI=1S/C17H24N4O2S/c1-14-17(13-21(18-14)16-7-5-4-6-8-16)24(22,23)20(3)15-9-11-19(2)12-10-15/h4-8,13,15H,9-12H2,1-3H3. The smallest absolute Gasteiger partial charge is 0.246 e. The Kier molecular flexibility index (Phi) is 4.76. The molecule has 1 aliphatic heterocycles. The molecule has 24 heavy (non-hydrogen) atoms. The molecule has 2 aromatic rings. The second-order valence-corrected chi connectivity index (χ2v) is 8.38. The van der Waals surface area contributed by atoms with Crippen molar-refractivity contribution in [3.05, 3.63) is 42.2 Å². The maximum Gasteiger partial charge on any atom is 0.246 e. The van der Waals surface area contributed by atoms with E-state index >= 15 is 0 Å². The SMILES string of the molecule is Cc1nn(-c2ccccc2)cc1S(=O)(=O)N(C)C1CCN(C)CC1. The van der Waals surface area contributed by atoms with Crippen LogP contribution in [0.1, 0.15) is 18.5 Å². The summed E-state index contributed by atoms with van der Waals surface area (Å²) in [7, 11) is 0.211. The number of aromatic nitrogens is 2. The van der Waals surface area contributed by atoms with Gasteiger partial charge in [0.25, 0.3) is 0 Å². The summed E-state index contributed by atoms with van der Waals surface area (Å²) in [6.07, 6.45) is 3.33. The average molecular weight is 348 g/mol. The molecule has 1 aromatic heterocycles. The second-order valence-electron chi connectivity index (χ2n) is 6.41. The van der Waals surface area contributed by atoms with Gasteiger partial charge >= 0.3 is 0 Å². The molecule has 2 heterocycles. The van der Waals surface area contributed by atoms with Crippen LogP contribution in [-0.2, 0) is 10.0 Å². The van der Waals surface area contributed by atoms with Gasteiger partial charge in [0.2, 0.25) is 10.0 Å². The normalized spacial score (nSPS) is 17.5. The van der Waals surface area contributed by atoms with Gasteiger partial charge < -0.3 is 4.90 Å². The maximum atomic E-state index is 13.0. The minimum Gasteiger partial charge on any atom is -0.306 e. The van der Waals surface area contributed by atoms with E-state index < -0.39 is 10.0 Å². The summed E-state index contributed by atoms with van der Waals surface area (Å²) in [5.41, 5.74) is 1.38. The summed E-state index contributed by atoms with van der Waals surface area (Å²) in [5, 5.41) is 4.39. The van der Waals surface area contributed by atoms with Crippen LogP contribution in [0.25, 0.3) is 5.69 Å². The van der Waals surface area contributed by atoms with Crippen LogP contribution in [-0.4, -0.2) is 60.6 Å². The van der Waals surface area contributed by atoms with Crippen molar-refractivity contribution in [1.29, 1.82) is 0 Å². The Hall–Kier alpha value is -1.70. The number of likely N-dealkylation sites (tertiary alicyclic amines) is 1. The predicted octanol–water partition coefficient (Wildman–Crippen LogP) is 1.90. The van der Waals surface area contributed by atoms with E-state index in [-0.39, 0.29) is 10.9 Å². The van der Waals surface area contributed by atoms with E-state index in [1.54, 1.807) is 24.9 Å².